The van der Waals surface area contributed by atoms with E-state index in [2.05, 4.69) is 57.3 Å². The molecule has 0 aliphatic rings. The van der Waals surface area contributed by atoms with Crippen LogP contribution in [0, 0.1) is 10.7 Å². The Morgan fingerprint density at radius 1 is 1.24 bits per heavy atom. The first kappa shape index (κ1) is 14.5. The number of H-pyrrole nitrogens is 1. The molecule has 98 valence electrons. The van der Waals surface area contributed by atoms with Crippen molar-refractivity contribution in [3.8, 4) is 0 Å². The molecule has 0 amide bonds. The zero-order valence-corrected chi connectivity index (χ0v) is 12.8. The molecule has 0 saturated heterocycles. The second-order valence-corrected chi connectivity index (χ2v) is 6.81. The number of nitrogens with zero attached hydrogens (tertiary/aromatic N) is 1. The van der Waals surface area contributed by atoms with E-state index in [0.717, 1.165) is 10.7 Å². The fourth-order valence-corrected chi connectivity index (χ4v) is 2.43. The second kappa shape index (κ2) is 5.38. The van der Waals surface area contributed by atoms with Crippen molar-refractivity contribution in [3.05, 3.63) is 16.7 Å². The van der Waals surface area contributed by atoms with E-state index in [1.165, 1.54) is 18.5 Å². The zero-order valence-electron chi connectivity index (χ0n) is 12.0. The highest BCUT2D eigenvalue weighted by atomic mass is 32.1. The van der Waals surface area contributed by atoms with Crippen LogP contribution in [0.1, 0.15) is 66.1 Å². The molecule has 0 bridgehead atoms. The lowest BCUT2D eigenvalue weighted by atomic mass is 9.92. The number of aromatic nitrogens is 2. The molecule has 3 heteroatoms. The van der Waals surface area contributed by atoms with Gasteiger partial charge in [0, 0.05) is 23.3 Å². The Morgan fingerprint density at radius 2 is 1.82 bits per heavy atom. The third-order valence-corrected chi connectivity index (χ3v) is 3.50. The van der Waals surface area contributed by atoms with Crippen molar-refractivity contribution in [2.45, 2.75) is 65.8 Å². The lowest BCUT2D eigenvalue weighted by Gasteiger charge is -2.25. The second-order valence-electron chi connectivity index (χ2n) is 6.42. The van der Waals surface area contributed by atoms with Crippen molar-refractivity contribution in [2.24, 2.45) is 5.92 Å². The van der Waals surface area contributed by atoms with Gasteiger partial charge in [-0.25, -0.2) is 0 Å². The van der Waals surface area contributed by atoms with Crippen LogP contribution in [-0.2, 0) is 5.41 Å². The molecular weight excluding hydrogens is 228 g/mol. The Balaban J connectivity index is 2.96. The maximum Gasteiger partial charge on any atom is 0.177 e. The summed E-state index contributed by atoms with van der Waals surface area (Å²) in [5.41, 5.74) is 1.44. The van der Waals surface area contributed by atoms with Crippen LogP contribution in [0.25, 0.3) is 0 Å². The largest absolute Gasteiger partial charge is 0.337 e. The summed E-state index contributed by atoms with van der Waals surface area (Å²) in [5, 5.41) is 0. The molecule has 1 atom stereocenters. The van der Waals surface area contributed by atoms with Gasteiger partial charge in [-0.15, -0.1) is 0 Å². The summed E-state index contributed by atoms with van der Waals surface area (Å²) < 4.78 is 3.14. The summed E-state index contributed by atoms with van der Waals surface area (Å²) in [6, 6.07) is 0.477. The quantitative estimate of drug-likeness (QED) is 0.762. The van der Waals surface area contributed by atoms with Crippen LogP contribution in [-0.4, -0.2) is 9.55 Å². The van der Waals surface area contributed by atoms with E-state index in [0.29, 0.717) is 6.04 Å². The topological polar surface area (TPSA) is 20.7 Å². The summed E-state index contributed by atoms with van der Waals surface area (Å²) in [7, 11) is 0. The van der Waals surface area contributed by atoms with E-state index >= 15 is 0 Å². The standard InChI is InChI=1S/C14H26N2S/c1-10(2)7-8-11(3)16-12(14(4,5)6)9-15-13(16)17/h9-11H,7-8H2,1-6H3,(H,15,17). The van der Waals surface area contributed by atoms with Crippen molar-refractivity contribution in [2.75, 3.05) is 0 Å². The molecule has 0 aliphatic carbocycles. The highest BCUT2D eigenvalue weighted by Crippen LogP contribution is 2.27. The van der Waals surface area contributed by atoms with Gasteiger partial charge in [0.05, 0.1) is 0 Å². The SMILES string of the molecule is CC(C)CCC(C)n1c(C(C)(C)C)c[nH]c1=S. The number of hydrogen-bond acceptors (Lipinski definition) is 1. The van der Waals surface area contributed by atoms with Gasteiger partial charge in [0.2, 0.25) is 0 Å². The molecule has 1 aromatic heterocycles. The van der Waals surface area contributed by atoms with Gasteiger partial charge in [0.15, 0.2) is 4.77 Å². The fraction of sp³-hybridized carbons (Fsp3) is 0.786. The molecule has 0 spiro atoms. The molecule has 17 heavy (non-hydrogen) atoms. The fourth-order valence-electron chi connectivity index (χ4n) is 2.10. The van der Waals surface area contributed by atoms with Gasteiger partial charge in [0.1, 0.15) is 0 Å². The van der Waals surface area contributed by atoms with Gasteiger partial charge >= 0.3 is 0 Å². The summed E-state index contributed by atoms with van der Waals surface area (Å²) in [4.78, 5) is 3.19. The Morgan fingerprint density at radius 3 is 2.29 bits per heavy atom. The van der Waals surface area contributed by atoms with Crippen LogP contribution in [0.2, 0.25) is 0 Å². The van der Waals surface area contributed by atoms with Gasteiger partial charge in [-0.1, -0.05) is 34.6 Å². The number of rotatable bonds is 4. The predicted octanol–water partition coefficient (Wildman–Crippen LogP) is 4.84. The van der Waals surface area contributed by atoms with Crippen molar-refractivity contribution in [3.63, 3.8) is 0 Å². The molecular formula is C14H26N2S. The molecule has 1 rings (SSSR count). The van der Waals surface area contributed by atoms with Gasteiger partial charge in [-0.3, -0.25) is 0 Å². The van der Waals surface area contributed by atoms with E-state index in [1.54, 1.807) is 0 Å². The normalized spacial score (nSPS) is 14.3. The van der Waals surface area contributed by atoms with Gasteiger partial charge in [0.25, 0.3) is 0 Å². The van der Waals surface area contributed by atoms with Crippen LogP contribution >= 0.6 is 12.2 Å². The van der Waals surface area contributed by atoms with Crippen LogP contribution in [0.5, 0.6) is 0 Å². The summed E-state index contributed by atoms with van der Waals surface area (Å²) >= 11 is 5.41. The minimum Gasteiger partial charge on any atom is -0.337 e. The minimum absolute atomic E-state index is 0.139. The maximum absolute atomic E-state index is 5.41. The summed E-state index contributed by atoms with van der Waals surface area (Å²) in [5.74, 6) is 0.753. The lowest BCUT2D eigenvalue weighted by molar-refractivity contribution is 0.405. The highest BCUT2D eigenvalue weighted by molar-refractivity contribution is 7.71. The average molecular weight is 254 g/mol. The van der Waals surface area contributed by atoms with Crippen molar-refractivity contribution < 1.29 is 0 Å². The summed E-state index contributed by atoms with van der Waals surface area (Å²) in [6.07, 6.45) is 4.50. The maximum atomic E-state index is 5.41. The first-order chi connectivity index (χ1) is 7.73. The van der Waals surface area contributed by atoms with E-state index in [1.807, 2.05) is 0 Å². The molecule has 0 radical (unpaired) electrons. The molecule has 0 aliphatic heterocycles. The monoisotopic (exact) mass is 254 g/mol. The van der Waals surface area contributed by atoms with Gasteiger partial charge < -0.3 is 9.55 Å². The van der Waals surface area contributed by atoms with E-state index in [4.69, 9.17) is 12.2 Å². The van der Waals surface area contributed by atoms with E-state index in [-0.39, 0.29) is 5.41 Å². The summed E-state index contributed by atoms with van der Waals surface area (Å²) in [6.45, 7) is 13.5. The molecule has 2 nitrogen and oxygen atoms in total. The Labute approximate surface area is 110 Å². The molecule has 0 saturated carbocycles. The van der Waals surface area contributed by atoms with E-state index < -0.39 is 0 Å². The first-order valence-electron chi connectivity index (χ1n) is 6.54. The van der Waals surface area contributed by atoms with Crippen LogP contribution in [0.3, 0.4) is 0 Å². The predicted molar refractivity (Wildman–Crippen MR) is 77.1 cm³/mol. The number of aromatic amines is 1. The van der Waals surface area contributed by atoms with Gasteiger partial charge in [-0.2, -0.15) is 0 Å². The zero-order chi connectivity index (χ0) is 13.2. The van der Waals surface area contributed by atoms with Gasteiger partial charge in [-0.05, 0) is 37.9 Å². The molecule has 0 aromatic carbocycles. The number of imidazole rings is 1. The van der Waals surface area contributed by atoms with Crippen molar-refractivity contribution in [1.29, 1.82) is 0 Å². The molecule has 1 heterocycles. The van der Waals surface area contributed by atoms with Crippen molar-refractivity contribution in [1.82, 2.24) is 9.55 Å². The van der Waals surface area contributed by atoms with Crippen LogP contribution in [0.4, 0.5) is 0 Å². The minimum atomic E-state index is 0.139. The Bertz CT molecular complexity index is 407. The highest BCUT2D eigenvalue weighted by Gasteiger charge is 2.21. The molecule has 1 unspecified atom stereocenters. The van der Waals surface area contributed by atoms with Crippen LogP contribution < -0.4 is 0 Å². The lowest BCUT2D eigenvalue weighted by Crippen LogP contribution is -2.20. The number of nitrogens with one attached hydrogen (secondary N) is 1. The van der Waals surface area contributed by atoms with Crippen LogP contribution in [0.15, 0.2) is 6.20 Å². The van der Waals surface area contributed by atoms with E-state index in [9.17, 15) is 0 Å². The van der Waals surface area contributed by atoms with Crippen molar-refractivity contribution >= 4 is 12.2 Å². The molecule has 1 N–H and O–H groups in total. The smallest absolute Gasteiger partial charge is 0.177 e. The average Bonchev–Trinajstić information content (AvgIpc) is 2.56. The third kappa shape index (κ3) is 3.70. The Hall–Kier alpha value is -0.570. The molecule has 1 aromatic rings. The number of hydrogen-bond donors (Lipinski definition) is 1. The molecule has 0 fully saturated rings. The third-order valence-electron chi connectivity index (χ3n) is 3.18. The Kier molecular flexibility index (Phi) is 4.59. The first-order valence-corrected chi connectivity index (χ1v) is 6.94.